The van der Waals surface area contributed by atoms with Crippen LogP contribution in [0.2, 0.25) is 0 Å². The van der Waals surface area contributed by atoms with Crippen LogP contribution in [-0.4, -0.2) is 32.9 Å². The van der Waals surface area contributed by atoms with Crippen molar-refractivity contribution in [1.29, 1.82) is 0 Å². The summed E-state index contributed by atoms with van der Waals surface area (Å²) in [6, 6.07) is 17.6. The number of rotatable bonds is 3. The predicted octanol–water partition coefficient (Wildman–Crippen LogP) is 5.81. The Morgan fingerprint density at radius 1 is 1.00 bits per heavy atom. The first-order valence-corrected chi connectivity index (χ1v) is 11.5. The third-order valence-electron chi connectivity index (χ3n) is 7.26. The first-order valence-electron chi connectivity index (χ1n) is 11.5. The molecule has 2 aliphatic rings. The first kappa shape index (κ1) is 19.3. The largest absolute Gasteiger partial charge is 0.335 e. The summed E-state index contributed by atoms with van der Waals surface area (Å²) in [6.07, 6.45) is 7.76. The Bertz CT molecular complexity index is 1040. The van der Waals surface area contributed by atoms with Crippen molar-refractivity contribution in [2.24, 2.45) is 5.92 Å². The highest BCUT2D eigenvalue weighted by molar-refractivity contribution is 6.05. The number of hydrogen-bond acceptors (Lipinski definition) is 2. The van der Waals surface area contributed by atoms with E-state index in [1.165, 1.54) is 24.8 Å². The Hall–Kier alpha value is -2.62. The van der Waals surface area contributed by atoms with Gasteiger partial charge in [-0.1, -0.05) is 49.2 Å². The molecule has 1 amide bonds. The molecule has 1 aromatic heterocycles. The highest BCUT2D eigenvalue weighted by Gasteiger charge is 2.42. The van der Waals surface area contributed by atoms with Gasteiger partial charge in [0.2, 0.25) is 0 Å². The number of piperidine rings is 1. The van der Waals surface area contributed by atoms with Gasteiger partial charge in [-0.25, -0.2) is 4.98 Å². The van der Waals surface area contributed by atoms with E-state index in [4.69, 9.17) is 0 Å². The molecule has 0 bridgehead atoms. The second kappa shape index (κ2) is 7.90. The molecule has 2 heterocycles. The van der Waals surface area contributed by atoms with Crippen molar-refractivity contribution in [2.75, 3.05) is 6.54 Å². The standard InChI is InChI=1S/C26H31N3O/c1-18(2)29-17-27-25-22(12-8-14-24(25)29)26(30)28-16-15-20(19-9-4-3-5-10-19)21-11-6-7-13-23(21)28/h3-5,8-10,12,14,17-18,20-21,23H,6-7,11,13,15-16H2,1-2H3. The van der Waals surface area contributed by atoms with Crippen molar-refractivity contribution in [3.8, 4) is 0 Å². The average molecular weight is 402 g/mol. The molecule has 4 nitrogen and oxygen atoms in total. The zero-order chi connectivity index (χ0) is 20.7. The van der Waals surface area contributed by atoms with Crippen molar-refractivity contribution >= 4 is 16.9 Å². The molecule has 2 aromatic carbocycles. The van der Waals surface area contributed by atoms with E-state index in [-0.39, 0.29) is 5.91 Å². The molecule has 1 aliphatic heterocycles. The lowest BCUT2D eigenvalue weighted by Gasteiger charge is -2.48. The summed E-state index contributed by atoms with van der Waals surface area (Å²) in [5.74, 6) is 1.29. The van der Waals surface area contributed by atoms with E-state index >= 15 is 0 Å². The number of nitrogens with zero attached hydrogens (tertiary/aromatic N) is 3. The lowest BCUT2D eigenvalue weighted by Crippen LogP contribution is -2.52. The molecule has 3 aromatic rings. The fraction of sp³-hybridized carbons (Fsp3) is 0.462. The number of carbonyl (C=O) groups is 1. The molecule has 4 heteroatoms. The Labute approximate surface area is 178 Å². The Kier molecular flexibility index (Phi) is 5.10. The summed E-state index contributed by atoms with van der Waals surface area (Å²) in [6.45, 7) is 5.13. The minimum absolute atomic E-state index is 0.165. The first-order chi connectivity index (χ1) is 14.6. The van der Waals surface area contributed by atoms with E-state index in [0.717, 1.165) is 36.0 Å². The monoisotopic (exact) mass is 401 g/mol. The van der Waals surface area contributed by atoms with Crippen molar-refractivity contribution in [3.05, 3.63) is 66.0 Å². The van der Waals surface area contributed by atoms with Crippen LogP contribution in [0.1, 0.15) is 73.8 Å². The van der Waals surface area contributed by atoms with Gasteiger partial charge in [-0.2, -0.15) is 0 Å². The highest BCUT2D eigenvalue weighted by atomic mass is 16.2. The van der Waals surface area contributed by atoms with Crippen LogP contribution in [0.25, 0.3) is 11.0 Å². The van der Waals surface area contributed by atoms with Crippen molar-refractivity contribution in [3.63, 3.8) is 0 Å². The summed E-state index contributed by atoms with van der Waals surface area (Å²) >= 11 is 0. The lowest BCUT2D eigenvalue weighted by molar-refractivity contribution is 0.0321. The Balaban J connectivity index is 1.48. The van der Waals surface area contributed by atoms with Crippen molar-refractivity contribution in [2.45, 2.75) is 64.0 Å². The van der Waals surface area contributed by atoms with E-state index in [2.05, 4.69) is 64.7 Å². The van der Waals surface area contributed by atoms with Gasteiger partial charge in [0.25, 0.3) is 5.91 Å². The van der Waals surface area contributed by atoms with Crippen molar-refractivity contribution < 1.29 is 4.79 Å². The minimum atomic E-state index is 0.165. The number of hydrogen-bond donors (Lipinski definition) is 0. The Morgan fingerprint density at radius 2 is 1.80 bits per heavy atom. The van der Waals surface area contributed by atoms with Gasteiger partial charge in [-0.05, 0) is 62.6 Å². The number of amides is 1. The third-order valence-corrected chi connectivity index (χ3v) is 7.26. The minimum Gasteiger partial charge on any atom is -0.335 e. The zero-order valence-electron chi connectivity index (χ0n) is 18.0. The molecule has 5 rings (SSSR count). The summed E-state index contributed by atoms with van der Waals surface area (Å²) in [4.78, 5) is 20.6. The molecular formula is C26H31N3O. The van der Waals surface area contributed by atoms with Crippen LogP contribution in [0.15, 0.2) is 54.9 Å². The number of benzene rings is 2. The average Bonchev–Trinajstić information content (AvgIpc) is 3.23. The number of carbonyl (C=O) groups excluding carboxylic acids is 1. The van der Waals surface area contributed by atoms with Crippen LogP contribution in [0.4, 0.5) is 0 Å². The van der Waals surface area contributed by atoms with Gasteiger partial charge < -0.3 is 9.47 Å². The van der Waals surface area contributed by atoms with Crippen LogP contribution < -0.4 is 0 Å². The maximum absolute atomic E-state index is 13.8. The summed E-state index contributed by atoms with van der Waals surface area (Å²) in [5.41, 5.74) is 4.10. The molecule has 0 N–H and O–H groups in total. The topological polar surface area (TPSA) is 38.1 Å². The van der Waals surface area contributed by atoms with Crippen LogP contribution in [-0.2, 0) is 0 Å². The van der Waals surface area contributed by atoms with E-state index in [0.29, 0.717) is 23.9 Å². The third kappa shape index (κ3) is 3.23. The quantitative estimate of drug-likeness (QED) is 0.556. The van der Waals surface area contributed by atoms with Gasteiger partial charge in [-0.15, -0.1) is 0 Å². The summed E-state index contributed by atoms with van der Waals surface area (Å²) in [5, 5.41) is 0. The van der Waals surface area contributed by atoms with E-state index in [1.54, 1.807) is 0 Å². The molecule has 3 atom stereocenters. The fourth-order valence-corrected chi connectivity index (χ4v) is 5.82. The molecule has 156 valence electrons. The van der Waals surface area contributed by atoms with E-state index in [9.17, 15) is 4.79 Å². The molecule has 30 heavy (non-hydrogen) atoms. The maximum Gasteiger partial charge on any atom is 0.256 e. The van der Waals surface area contributed by atoms with Gasteiger partial charge in [0.1, 0.15) is 5.52 Å². The molecular weight excluding hydrogens is 370 g/mol. The highest BCUT2D eigenvalue weighted by Crippen LogP contribution is 2.44. The molecule has 2 fully saturated rings. The zero-order valence-corrected chi connectivity index (χ0v) is 18.0. The number of likely N-dealkylation sites (tertiary alicyclic amines) is 1. The number of aromatic nitrogens is 2. The number of fused-ring (bicyclic) bond motifs is 2. The molecule has 3 unspecified atom stereocenters. The lowest BCUT2D eigenvalue weighted by atomic mass is 9.69. The van der Waals surface area contributed by atoms with E-state index < -0.39 is 0 Å². The van der Waals surface area contributed by atoms with Crippen LogP contribution in [0.5, 0.6) is 0 Å². The molecule has 1 saturated carbocycles. The molecule has 0 radical (unpaired) electrons. The second-order valence-electron chi connectivity index (χ2n) is 9.24. The normalized spacial score (nSPS) is 24.2. The Morgan fingerprint density at radius 3 is 2.60 bits per heavy atom. The number of para-hydroxylation sites is 1. The molecule has 0 spiro atoms. The van der Waals surface area contributed by atoms with Gasteiger partial charge in [0, 0.05) is 18.6 Å². The molecule has 1 aliphatic carbocycles. The second-order valence-corrected chi connectivity index (χ2v) is 9.24. The van der Waals surface area contributed by atoms with Gasteiger partial charge in [0.05, 0.1) is 17.4 Å². The van der Waals surface area contributed by atoms with Gasteiger partial charge in [-0.3, -0.25) is 4.79 Å². The van der Waals surface area contributed by atoms with Crippen molar-refractivity contribution in [1.82, 2.24) is 14.5 Å². The number of imidazole rings is 1. The van der Waals surface area contributed by atoms with E-state index in [1.807, 2.05) is 18.5 Å². The van der Waals surface area contributed by atoms with Crippen LogP contribution >= 0.6 is 0 Å². The summed E-state index contributed by atoms with van der Waals surface area (Å²) in [7, 11) is 0. The SMILES string of the molecule is CC(C)n1cnc2c(C(=O)N3CCC(c4ccccc4)C4CCCCC43)cccc21. The van der Waals surface area contributed by atoms with Gasteiger partial charge in [0.15, 0.2) is 0 Å². The molecule has 1 saturated heterocycles. The van der Waals surface area contributed by atoms with Gasteiger partial charge >= 0.3 is 0 Å². The predicted molar refractivity (Wildman–Crippen MR) is 121 cm³/mol. The smallest absolute Gasteiger partial charge is 0.256 e. The van der Waals surface area contributed by atoms with Crippen LogP contribution in [0.3, 0.4) is 0 Å². The van der Waals surface area contributed by atoms with Crippen LogP contribution in [0, 0.1) is 5.92 Å². The summed E-state index contributed by atoms with van der Waals surface area (Å²) < 4.78 is 2.15. The maximum atomic E-state index is 13.8. The fourth-order valence-electron chi connectivity index (χ4n) is 5.82.